The Balaban J connectivity index is 0.975. The van der Waals surface area contributed by atoms with Gasteiger partial charge in [0.25, 0.3) is 0 Å². The molecule has 1 fully saturated rings. The summed E-state index contributed by atoms with van der Waals surface area (Å²) in [4.78, 5) is 4.66. The summed E-state index contributed by atoms with van der Waals surface area (Å²) >= 11 is 12.6. The predicted octanol–water partition coefficient (Wildman–Crippen LogP) is 6.25. The maximum absolute atomic E-state index is 11.2. The van der Waals surface area contributed by atoms with E-state index in [2.05, 4.69) is 67.5 Å². The van der Waals surface area contributed by atoms with Gasteiger partial charge in [-0.25, -0.2) is 0 Å². The van der Waals surface area contributed by atoms with E-state index in [4.69, 9.17) is 23.2 Å². The molecule has 1 aliphatic heterocycles. The number of benzene rings is 4. The smallest absolute Gasteiger partial charge is 0.0845 e. The normalized spacial score (nSPS) is 16.7. The second-order valence-electron chi connectivity index (χ2n) is 11.5. The van der Waals surface area contributed by atoms with E-state index in [9.17, 15) is 10.2 Å². The Morgan fingerprint density at radius 3 is 1.31 bits per heavy atom. The number of rotatable bonds is 8. The van der Waals surface area contributed by atoms with E-state index >= 15 is 0 Å². The second-order valence-corrected chi connectivity index (χ2v) is 12.4. The SMILES string of the molecule is O[C@H](CN1CCN(C[C@@H](O)Cn2c3ccc(Cl)cc3c3cc(Cl)ccc32)CC1)Cn1c2ccccc2c2ccccc21. The maximum atomic E-state index is 11.2. The van der Waals surface area contributed by atoms with Gasteiger partial charge in [0.2, 0.25) is 0 Å². The fourth-order valence-corrected chi connectivity index (χ4v) is 7.08. The van der Waals surface area contributed by atoms with Gasteiger partial charge in [0.15, 0.2) is 0 Å². The molecule has 2 atom stereocenters. The minimum absolute atomic E-state index is 0.473. The van der Waals surface area contributed by atoms with E-state index in [-0.39, 0.29) is 0 Å². The van der Waals surface area contributed by atoms with Crippen LogP contribution >= 0.6 is 23.2 Å². The molecule has 42 heavy (non-hydrogen) atoms. The summed E-state index contributed by atoms with van der Waals surface area (Å²) in [6, 6.07) is 28.6. The van der Waals surface area contributed by atoms with Crippen LogP contribution in [0.2, 0.25) is 10.0 Å². The van der Waals surface area contributed by atoms with Crippen molar-refractivity contribution in [3.05, 3.63) is 95.0 Å². The van der Waals surface area contributed by atoms with Crippen molar-refractivity contribution in [1.29, 1.82) is 0 Å². The molecule has 4 aromatic carbocycles. The number of halogens is 2. The maximum Gasteiger partial charge on any atom is 0.0845 e. The molecule has 2 aromatic heterocycles. The highest BCUT2D eigenvalue weighted by molar-refractivity contribution is 6.33. The van der Waals surface area contributed by atoms with E-state index < -0.39 is 12.2 Å². The number of hydrogen-bond acceptors (Lipinski definition) is 4. The first-order chi connectivity index (χ1) is 20.4. The van der Waals surface area contributed by atoms with Crippen LogP contribution in [0.25, 0.3) is 43.6 Å². The molecule has 0 bridgehead atoms. The molecule has 8 heteroatoms. The summed E-state index contributed by atoms with van der Waals surface area (Å²) in [6.07, 6.45) is -0.999. The lowest BCUT2D eigenvalue weighted by Gasteiger charge is -2.36. The molecule has 1 aliphatic rings. The van der Waals surface area contributed by atoms with Crippen molar-refractivity contribution in [3.63, 3.8) is 0 Å². The second kappa shape index (κ2) is 11.5. The van der Waals surface area contributed by atoms with Crippen LogP contribution in [0, 0.1) is 0 Å². The van der Waals surface area contributed by atoms with Crippen molar-refractivity contribution in [3.8, 4) is 0 Å². The average molecular weight is 602 g/mol. The van der Waals surface area contributed by atoms with Crippen LogP contribution < -0.4 is 0 Å². The number of aliphatic hydroxyl groups excluding tert-OH is 2. The van der Waals surface area contributed by atoms with Crippen molar-refractivity contribution >= 4 is 66.8 Å². The van der Waals surface area contributed by atoms with E-state index in [1.807, 2.05) is 36.4 Å². The van der Waals surface area contributed by atoms with E-state index in [1.165, 1.54) is 10.8 Å². The Morgan fingerprint density at radius 2 is 0.881 bits per heavy atom. The molecule has 0 radical (unpaired) electrons. The number of aromatic nitrogens is 2. The third-order valence-corrected chi connectivity index (χ3v) is 9.13. The first-order valence-electron chi connectivity index (χ1n) is 14.6. The number of hydrogen-bond donors (Lipinski definition) is 2. The van der Waals surface area contributed by atoms with Crippen LogP contribution in [0.5, 0.6) is 0 Å². The quantitative estimate of drug-likeness (QED) is 0.217. The number of piperazine rings is 1. The largest absolute Gasteiger partial charge is 0.390 e. The Hall–Kier alpha value is -3.10. The van der Waals surface area contributed by atoms with Gasteiger partial charge in [-0.2, -0.15) is 0 Å². The summed E-state index contributed by atoms with van der Waals surface area (Å²) in [5, 5.41) is 28.2. The number of aliphatic hydroxyl groups is 2. The average Bonchev–Trinajstić information content (AvgIpc) is 3.46. The zero-order valence-electron chi connectivity index (χ0n) is 23.3. The molecule has 2 N–H and O–H groups in total. The van der Waals surface area contributed by atoms with E-state index in [0.717, 1.165) is 59.0 Å². The zero-order valence-corrected chi connectivity index (χ0v) is 24.8. The topological polar surface area (TPSA) is 56.8 Å². The van der Waals surface area contributed by atoms with Crippen molar-refractivity contribution in [2.24, 2.45) is 0 Å². The van der Waals surface area contributed by atoms with Gasteiger partial charge in [0, 0.05) is 92.9 Å². The Kier molecular flexibility index (Phi) is 7.61. The molecule has 0 spiro atoms. The lowest BCUT2D eigenvalue weighted by molar-refractivity contribution is 0.0415. The molecular formula is C34H34Cl2N4O2. The highest BCUT2D eigenvalue weighted by Gasteiger charge is 2.23. The van der Waals surface area contributed by atoms with Crippen LogP contribution in [-0.4, -0.2) is 80.6 Å². The molecule has 216 valence electrons. The number of nitrogens with zero attached hydrogens (tertiary/aromatic N) is 4. The fourth-order valence-electron chi connectivity index (χ4n) is 6.73. The molecule has 1 saturated heterocycles. The van der Waals surface area contributed by atoms with Crippen LogP contribution in [0.3, 0.4) is 0 Å². The van der Waals surface area contributed by atoms with Gasteiger partial charge in [-0.15, -0.1) is 0 Å². The minimum atomic E-state index is -0.525. The molecule has 6 nitrogen and oxygen atoms in total. The molecule has 0 aliphatic carbocycles. The number of para-hydroxylation sites is 2. The lowest BCUT2D eigenvalue weighted by Crippen LogP contribution is -2.50. The third-order valence-electron chi connectivity index (χ3n) is 8.66. The monoisotopic (exact) mass is 600 g/mol. The standard InChI is InChI=1S/C34H34Cl2N4O2/c35-23-9-11-33-29(17-23)30-18-24(36)10-12-34(30)40(33)22-26(42)20-38-15-13-37(14-16-38)19-25(41)21-39-31-7-3-1-5-27(31)28-6-2-4-8-32(28)39/h1-12,17-18,25-26,41-42H,13-16,19-22H2/t25-,26-/m1/s1. The minimum Gasteiger partial charge on any atom is -0.390 e. The van der Waals surface area contributed by atoms with E-state index in [0.29, 0.717) is 36.2 Å². The lowest BCUT2D eigenvalue weighted by atomic mass is 10.1. The molecule has 3 heterocycles. The first kappa shape index (κ1) is 27.7. The summed E-state index contributed by atoms with van der Waals surface area (Å²) in [5.41, 5.74) is 4.40. The van der Waals surface area contributed by atoms with Gasteiger partial charge in [0.05, 0.1) is 25.3 Å². The molecule has 7 rings (SSSR count). The molecule has 0 unspecified atom stereocenters. The Bertz CT molecular complexity index is 1780. The molecule has 0 saturated carbocycles. The molecular weight excluding hydrogens is 567 g/mol. The van der Waals surface area contributed by atoms with Gasteiger partial charge in [0.1, 0.15) is 0 Å². The highest BCUT2D eigenvalue weighted by atomic mass is 35.5. The third kappa shape index (κ3) is 5.28. The first-order valence-corrected chi connectivity index (χ1v) is 15.3. The predicted molar refractivity (Wildman–Crippen MR) is 174 cm³/mol. The summed E-state index contributed by atoms with van der Waals surface area (Å²) < 4.78 is 4.42. The van der Waals surface area contributed by atoms with Crippen molar-refractivity contribution in [2.45, 2.75) is 25.3 Å². The van der Waals surface area contributed by atoms with E-state index in [1.54, 1.807) is 0 Å². The van der Waals surface area contributed by atoms with Crippen molar-refractivity contribution in [1.82, 2.24) is 18.9 Å². The van der Waals surface area contributed by atoms with Crippen LogP contribution in [0.15, 0.2) is 84.9 Å². The van der Waals surface area contributed by atoms with Gasteiger partial charge < -0.3 is 19.3 Å². The summed E-state index contributed by atoms with van der Waals surface area (Å²) in [6.45, 7) is 5.72. The van der Waals surface area contributed by atoms with Gasteiger partial charge in [-0.3, -0.25) is 9.80 Å². The van der Waals surface area contributed by atoms with Gasteiger partial charge in [-0.1, -0.05) is 59.6 Å². The Labute approximate surface area is 254 Å². The van der Waals surface area contributed by atoms with Crippen LogP contribution in [0.4, 0.5) is 0 Å². The highest BCUT2D eigenvalue weighted by Crippen LogP contribution is 2.33. The van der Waals surface area contributed by atoms with Crippen LogP contribution in [0.1, 0.15) is 0 Å². The zero-order chi connectivity index (χ0) is 28.8. The van der Waals surface area contributed by atoms with Crippen molar-refractivity contribution < 1.29 is 10.2 Å². The van der Waals surface area contributed by atoms with Crippen molar-refractivity contribution in [2.75, 3.05) is 39.3 Å². The van der Waals surface area contributed by atoms with Gasteiger partial charge in [-0.05, 0) is 48.5 Å². The fraction of sp³-hybridized carbons (Fsp3) is 0.294. The Morgan fingerprint density at radius 1 is 0.500 bits per heavy atom. The van der Waals surface area contributed by atoms with Crippen LogP contribution in [-0.2, 0) is 13.1 Å². The number of β-amino-alcohol motifs (C(OH)–C–C–N with tert-alkyl or cyclic N) is 2. The van der Waals surface area contributed by atoms with Gasteiger partial charge >= 0.3 is 0 Å². The summed E-state index contributed by atoms with van der Waals surface area (Å²) in [7, 11) is 0. The molecule has 0 amide bonds. The number of fused-ring (bicyclic) bond motifs is 6. The summed E-state index contributed by atoms with van der Waals surface area (Å²) in [5.74, 6) is 0. The molecule has 6 aromatic rings.